The van der Waals surface area contributed by atoms with Crippen molar-refractivity contribution >= 4 is 17.2 Å². The Morgan fingerprint density at radius 3 is 2.33 bits per heavy atom. The summed E-state index contributed by atoms with van der Waals surface area (Å²) in [5, 5.41) is 0. The van der Waals surface area contributed by atoms with Crippen molar-refractivity contribution < 1.29 is 4.79 Å². The van der Waals surface area contributed by atoms with Gasteiger partial charge in [-0.25, -0.2) is 0 Å². The van der Waals surface area contributed by atoms with Crippen molar-refractivity contribution in [1.29, 1.82) is 0 Å². The Bertz CT molecular complexity index is 332. The lowest BCUT2D eigenvalue weighted by Crippen LogP contribution is -2.05. The SMILES string of the molecule is CC(=O)c1c(C)ccc(N)c1N. The molecule has 0 amide bonds. The number of benzene rings is 1. The van der Waals surface area contributed by atoms with E-state index in [1.807, 2.05) is 6.92 Å². The molecule has 1 rings (SSSR count). The summed E-state index contributed by atoms with van der Waals surface area (Å²) in [6, 6.07) is 3.50. The van der Waals surface area contributed by atoms with Crippen molar-refractivity contribution in [3.05, 3.63) is 23.3 Å². The van der Waals surface area contributed by atoms with E-state index in [0.29, 0.717) is 16.9 Å². The molecule has 0 aliphatic rings. The first-order valence-corrected chi connectivity index (χ1v) is 3.69. The second kappa shape index (κ2) is 2.85. The van der Waals surface area contributed by atoms with E-state index >= 15 is 0 Å². The van der Waals surface area contributed by atoms with Gasteiger partial charge in [-0.2, -0.15) is 0 Å². The molecule has 0 spiro atoms. The third-order valence-corrected chi connectivity index (χ3v) is 1.84. The highest BCUT2D eigenvalue weighted by atomic mass is 16.1. The van der Waals surface area contributed by atoms with Crippen LogP contribution in [0.2, 0.25) is 0 Å². The molecule has 1 aromatic carbocycles. The van der Waals surface area contributed by atoms with Gasteiger partial charge in [-0.15, -0.1) is 0 Å². The highest BCUT2D eigenvalue weighted by molar-refractivity contribution is 6.02. The molecule has 0 fully saturated rings. The summed E-state index contributed by atoms with van der Waals surface area (Å²) >= 11 is 0. The number of rotatable bonds is 1. The average molecular weight is 164 g/mol. The van der Waals surface area contributed by atoms with Gasteiger partial charge in [-0.05, 0) is 25.5 Å². The Morgan fingerprint density at radius 1 is 1.33 bits per heavy atom. The Kier molecular flexibility index (Phi) is 2.04. The standard InChI is InChI=1S/C9H12N2O/c1-5-3-4-7(10)9(11)8(5)6(2)12/h3-4H,10-11H2,1-2H3. The Hall–Kier alpha value is -1.51. The molecule has 0 aliphatic carbocycles. The molecule has 0 radical (unpaired) electrons. The van der Waals surface area contributed by atoms with E-state index in [9.17, 15) is 4.79 Å². The number of aryl methyl sites for hydroxylation is 1. The van der Waals surface area contributed by atoms with Crippen molar-refractivity contribution in [1.82, 2.24) is 0 Å². The lowest BCUT2D eigenvalue weighted by molar-refractivity contribution is 0.101. The summed E-state index contributed by atoms with van der Waals surface area (Å²) in [4.78, 5) is 11.1. The summed E-state index contributed by atoms with van der Waals surface area (Å²) in [7, 11) is 0. The third-order valence-electron chi connectivity index (χ3n) is 1.84. The maximum atomic E-state index is 11.1. The fourth-order valence-electron chi connectivity index (χ4n) is 1.21. The van der Waals surface area contributed by atoms with Crippen LogP contribution in [-0.4, -0.2) is 5.78 Å². The lowest BCUT2D eigenvalue weighted by atomic mass is 10.0. The van der Waals surface area contributed by atoms with Crippen LogP contribution in [0.3, 0.4) is 0 Å². The summed E-state index contributed by atoms with van der Waals surface area (Å²) in [6.07, 6.45) is 0. The highest BCUT2D eigenvalue weighted by Crippen LogP contribution is 2.23. The Balaban J connectivity index is 3.43. The topological polar surface area (TPSA) is 69.1 Å². The smallest absolute Gasteiger partial charge is 0.162 e. The minimum absolute atomic E-state index is 0.0442. The maximum absolute atomic E-state index is 11.1. The van der Waals surface area contributed by atoms with Crippen LogP contribution >= 0.6 is 0 Å². The van der Waals surface area contributed by atoms with E-state index in [-0.39, 0.29) is 5.78 Å². The second-order valence-corrected chi connectivity index (χ2v) is 2.82. The number of carbonyl (C=O) groups is 1. The number of hydrogen-bond donors (Lipinski definition) is 2. The minimum Gasteiger partial charge on any atom is -0.397 e. The van der Waals surface area contributed by atoms with Crippen molar-refractivity contribution in [2.75, 3.05) is 11.5 Å². The van der Waals surface area contributed by atoms with Gasteiger partial charge in [0.2, 0.25) is 0 Å². The lowest BCUT2D eigenvalue weighted by Gasteiger charge is -2.07. The molecule has 0 saturated carbocycles. The molecule has 4 N–H and O–H groups in total. The van der Waals surface area contributed by atoms with Crippen LogP contribution < -0.4 is 11.5 Å². The third kappa shape index (κ3) is 1.25. The number of Topliss-reactive ketones (excluding diaryl/α,β-unsaturated/α-hetero) is 1. The van der Waals surface area contributed by atoms with Crippen LogP contribution in [0.4, 0.5) is 11.4 Å². The quantitative estimate of drug-likeness (QED) is 0.486. The van der Waals surface area contributed by atoms with E-state index in [1.165, 1.54) is 6.92 Å². The van der Waals surface area contributed by atoms with Gasteiger partial charge in [0.25, 0.3) is 0 Å². The van der Waals surface area contributed by atoms with Gasteiger partial charge >= 0.3 is 0 Å². The zero-order chi connectivity index (χ0) is 9.30. The van der Waals surface area contributed by atoms with E-state index in [1.54, 1.807) is 12.1 Å². The van der Waals surface area contributed by atoms with Crippen LogP contribution in [0.15, 0.2) is 12.1 Å². The molecule has 0 bridgehead atoms. The van der Waals surface area contributed by atoms with Crippen LogP contribution in [0.5, 0.6) is 0 Å². The number of nitrogen functional groups attached to an aromatic ring is 2. The van der Waals surface area contributed by atoms with Gasteiger partial charge in [0.05, 0.1) is 11.4 Å². The predicted octanol–water partition coefficient (Wildman–Crippen LogP) is 1.36. The predicted molar refractivity (Wildman–Crippen MR) is 50.0 cm³/mol. The summed E-state index contributed by atoms with van der Waals surface area (Å²) in [5.74, 6) is -0.0442. The molecule has 0 heterocycles. The molecule has 0 saturated heterocycles. The molecule has 64 valence electrons. The molecule has 3 nitrogen and oxygen atoms in total. The highest BCUT2D eigenvalue weighted by Gasteiger charge is 2.09. The maximum Gasteiger partial charge on any atom is 0.162 e. The van der Waals surface area contributed by atoms with E-state index in [0.717, 1.165) is 5.56 Å². The molecule has 1 aromatic rings. The molecular weight excluding hydrogens is 152 g/mol. The first-order chi connectivity index (χ1) is 5.54. The fourth-order valence-corrected chi connectivity index (χ4v) is 1.21. The van der Waals surface area contributed by atoms with E-state index in [2.05, 4.69) is 0 Å². The monoisotopic (exact) mass is 164 g/mol. The Morgan fingerprint density at radius 2 is 1.92 bits per heavy atom. The van der Waals surface area contributed by atoms with Crippen molar-refractivity contribution in [2.45, 2.75) is 13.8 Å². The number of nitrogens with two attached hydrogens (primary N) is 2. The molecular formula is C9H12N2O. The second-order valence-electron chi connectivity index (χ2n) is 2.82. The molecule has 0 aliphatic heterocycles. The van der Waals surface area contributed by atoms with Crippen LogP contribution in [0.25, 0.3) is 0 Å². The minimum atomic E-state index is -0.0442. The number of carbonyl (C=O) groups excluding carboxylic acids is 1. The Labute approximate surface area is 71.4 Å². The molecule has 0 atom stereocenters. The number of hydrogen-bond acceptors (Lipinski definition) is 3. The van der Waals surface area contributed by atoms with Gasteiger partial charge in [0.15, 0.2) is 5.78 Å². The first-order valence-electron chi connectivity index (χ1n) is 3.69. The largest absolute Gasteiger partial charge is 0.397 e. The van der Waals surface area contributed by atoms with Gasteiger partial charge in [-0.1, -0.05) is 6.07 Å². The van der Waals surface area contributed by atoms with E-state index in [4.69, 9.17) is 11.5 Å². The van der Waals surface area contributed by atoms with Gasteiger partial charge in [0.1, 0.15) is 0 Å². The number of anilines is 2. The van der Waals surface area contributed by atoms with Crippen LogP contribution in [-0.2, 0) is 0 Å². The van der Waals surface area contributed by atoms with Gasteiger partial charge in [-0.3, -0.25) is 4.79 Å². The summed E-state index contributed by atoms with van der Waals surface area (Å²) in [5.41, 5.74) is 13.5. The summed E-state index contributed by atoms with van der Waals surface area (Å²) < 4.78 is 0. The molecule has 0 aromatic heterocycles. The number of ketones is 1. The van der Waals surface area contributed by atoms with Crippen molar-refractivity contribution in [3.8, 4) is 0 Å². The van der Waals surface area contributed by atoms with Crippen LogP contribution in [0.1, 0.15) is 22.8 Å². The summed E-state index contributed by atoms with van der Waals surface area (Å²) in [6.45, 7) is 3.32. The normalized spacial score (nSPS) is 9.83. The fraction of sp³-hybridized carbons (Fsp3) is 0.222. The molecule has 12 heavy (non-hydrogen) atoms. The molecule has 3 heteroatoms. The van der Waals surface area contributed by atoms with Crippen molar-refractivity contribution in [3.63, 3.8) is 0 Å². The van der Waals surface area contributed by atoms with Crippen molar-refractivity contribution in [2.24, 2.45) is 0 Å². The molecule has 0 unspecified atom stereocenters. The van der Waals surface area contributed by atoms with Crippen LogP contribution in [0, 0.1) is 6.92 Å². The van der Waals surface area contributed by atoms with Gasteiger partial charge < -0.3 is 11.5 Å². The average Bonchev–Trinajstić information content (AvgIpc) is 1.97. The first kappa shape index (κ1) is 8.59. The zero-order valence-corrected chi connectivity index (χ0v) is 7.22. The van der Waals surface area contributed by atoms with E-state index < -0.39 is 0 Å². The van der Waals surface area contributed by atoms with Gasteiger partial charge in [0, 0.05) is 5.56 Å². The zero-order valence-electron chi connectivity index (χ0n) is 7.22.